The second kappa shape index (κ2) is 5.02. The molecule has 0 aliphatic rings. The van der Waals surface area contributed by atoms with Crippen molar-refractivity contribution in [2.45, 2.75) is 6.54 Å². The molecule has 0 atom stereocenters. The number of oxime groups is 1. The minimum Gasteiger partial charge on any atom is -0.410 e. The summed E-state index contributed by atoms with van der Waals surface area (Å²) < 4.78 is 1.51. The van der Waals surface area contributed by atoms with Gasteiger partial charge in [0.2, 0.25) is 5.82 Å². The molecule has 0 amide bonds. The van der Waals surface area contributed by atoms with Crippen LogP contribution in [0.15, 0.2) is 48.1 Å². The van der Waals surface area contributed by atoms with Gasteiger partial charge >= 0.3 is 0 Å². The summed E-state index contributed by atoms with van der Waals surface area (Å²) in [6.45, 7) is 4.07. The Bertz CT molecular complexity index is 532. The minimum absolute atomic E-state index is 0.331. The Balaban J connectivity index is 2.43. The van der Waals surface area contributed by atoms with E-state index in [1.54, 1.807) is 6.08 Å². The van der Waals surface area contributed by atoms with Gasteiger partial charge in [0.05, 0.1) is 6.54 Å². The van der Waals surface area contributed by atoms with Crippen LogP contribution >= 0.6 is 0 Å². The first-order valence-corrected chi connectivity index (χ1v) is 5.01. The molecule has 0 saturated heterocycles. The van der Waals surface area contributed by atoms with Crippen LogP contribution < -0.4 is 0 Å². The van der Waals surface area contributed by atoms with Gasteiger partial charge in [-0.3, -0.25) is 0 Å². The number of benzene rings is 1. The maximum Gasteiger partial charge on any atom is 0.205 e. The lowest BCUT2D eigenvalue weighted by atomic mass is 10.1. The Morgan fingerprint density at radius 2 is 2.18 bits per heavy atom. The summed E-state index contributed by atoms with van der Waals surface area (Å²) >= 11 is 0. The molecule has 1 N–H and O–H groups in total. The van der Waals surface area contributed by atoms with Gasteiger partial charge in [0.1, 0.15) is 0 Å². The molecule has 0 unspecified atom stereocenters. The standard InChI is InChI=1S/C11H11N5O/c1-2-8-16-11(12-14-15-16)10(13-17)9-6-4-3-5-7-9/h2-7,17H,1,8H2/b13-10+. The van der Waals surface area contributed by atoms with Crippen LogP contribution in [0.5, 0.6) is 0 Å². The molecule has 0 aliphatic heterocycles. The first-order chi connectivity index (χ1) is 8.36. The molecule has 0 spiro atoms. The third kappa shape index (κ3) is 2.20. The SMILES string of the molecule is C=CCn1nnnc1/C(=N/O)c1ccccc1. The molecule has 86 valence electrons. The Morgan fingerprint density at radius 1 is 1.41 bits per heavy atom. The smallest absolute Gasteiger partial charge is 0.205 e. The summed E-state index contributed by atoms with van der Waals surface area (Å²) in [5, 5.41) is 23.6. The second-order valence-corrected chi connectivity index (χ2v) is 3.29. The van der Waals surface area contributed by atoms with Crippen molar-refractivity contribution in [1.82, 2.24) is 20.2 Å². The molecule has 6 heteroatoms. The lowest BCUT2D eigenvalue weighted by Crippen LogP contribution is -2.13. The van der Waals surface area contributed by atoms with Crippen molar-refractivity contribution in [1.29, 1.82) is 0 Å². The monoisotopic (exact) mass is 229 g/mol. The van der Waals surface area contributed by atoms with Gasteiger partial charge in [-0.25, -0.2) is 4.68 Å². The number of allylic oxidation sites excluding steroid dienone is 1. The predicted molar refractivity (Wildman–Crippen MR) is 61.9 cm³/mol. The highest BCUT2D eigenvalue weighted by Crippen LogP contribution is 2.07. The molecule has 17 heavy (non-hydrogen) atoms. The fraction of sp³-hybridized carbons (Fsp3) is 0.0909. The van der Waals surface area contributed by atoms with Crippen molar-refractivity contribution in [3.05, 3.63) is 54.4 Å². The van der Waals surface area contributed by atoms with E-state index in [1.165, 1.54) is 4.68 Å². The lowest BCUT2D eigenvalue weighted by Gasteiger charge is -2.03. The van der Waals surface area contributed by atoms with Gasteiger partial charge in [0.15, 0.2) is 5.71 Å². The van der Waals surface area contributed by atoms with Crippen molar-refractivity contribution in [2.24, 2.45) is 5.16 Å². The van der Waals surface area contributed by atoms with Crippen molar-refractivity contribution in [2.75, 3.05) is 0 Å². The highest BCUT2D eigenvalue weighted by atomic mass is 16.4. The van der Waals surface area contributed by atoms with Gasteiger partial charge in [-0.1, -0.05) is 41.6 Å². The Labute approximate surface area is 97.9 Å². The molecule has 2 aromatic rings. The van der Waals surface area contributed by atoms with Crippen LogP contribution in [0.25, 0.3) is 0 Å². The summed E-state index contributed by atoms with van der Waals surface area (Å²) in [5.41, 5.74) is 1.08. The summed E-state index contributed by atoms with van der Waals surface area (Å²) in [4.78, 5) is 0. The van der Waals surface area contributed by atoms with E-state index in [2.05, 4.69) is 27.3 Å². The van der Waals surface area contributed by atoms with E-state index in [4.69, 9.17) is 5.21 Å². The molecular weight excluding hydrogens is 218 g/mol. The maximum absolute atomic E-state index is 9.10. The minimum atomic E-state index is 0.331. The van der Waals surface area contributed by atoms with Gasteiger partial charge in [0, 0.05) is 5.56 Å². The normalized spacial score (nSPS) is 11.4. The van der Waals surface area contributed by atoms with E-state index in [0.29, 0.717) is 18.1 Å². The van der Waals surface area contributed by atoms with E-state index in [0.717, 1.165) is 5.56 Å². The van der Waals surface area contributed by atoms with E-state index in [1.807, 2.05) is 30.3 Å². The van der Waals surface area contributed by atoms with Gasteiger partial charge in [-0.15, -0.1) is 11.7 Å². The molecule has 0 aliphatic carbocycles. The Hall–Kier alpha value is -2.50. The van der Waals surface area contributed by atoms with E-state index in [-0.39, 0.29) is 0 Å². The van der Waals surface area contributed by atoms with Gasteiger partial charge in [0.25, 0.3) is 0 Å². The fourth-order valence-corrected chi connectivity index (χ4v) is 1.45. The van der Waals surface area contributed by atoms with Gasteiger partial charge in [-0.2, -0.15) is 0 Å². The molecular formula is C11H11N5O. The number of tetrazole rings is 1. The molecule has 0 fully saturated rings. The molecule has 0 saturated carbocycles. The number of nitrogens with zero attached hydrogens (tertiary/aromatic N) is 5. The van der Waals surface area contributed by atoms with Crippen LogP contribution in [-0.4, -0.2) is 31.1 Å². The Kier molecular flexibility index (Phi) is 3.25. The van der Waals surface area contributed by atoms with E-state index < -0.39 is 0 Å². The molecule has 0 bridgehead atoms. The molecule has 1 aromatic carbocycles. The zero-order valence-corrected chi connectivity index (χ0v) is 9.06. The third-order valence-corrected chi connectivity index (χ3v) is 2.19. The predicted octanol–water partition coefficient (Wildman–Crippen LogP) is 1.09. The van der Waals surface area contributed by atoms with Crippen LogP contribution in [0.2, 0.25) is 0 Å². The van der Waals surface area contributed by atoms with Gasteiger partial charge < -0.3 is 5.21 Å². The zero-order chi connectivity index (χ0) is 12.1. The van der Waals surface area contributed by atoms with Crippen LogP contribution in [0.4, 0.5) is 0 Å². The van der Waals surface area contributed by atoms with E-state index >= 15 is 0 Å². The first kappa shape index (κ1) is 11.0. The number of aromatic nitrogens is 4. The highest BCUT2D eigenvalue weighted by molar-refractivity contribution is 6.10. The summed E-state index contributed by atoms with van der Waals surface area (Å²) in [5.74, 6) is 0.401. The maximum atomic E-state index is 9.10. The van der Waals surface area contributed by atoms with Crippen LogP contribution in [-0.2, 0) is 6.54 Å². The molecule has 1 aromatic heterocycles. The number of hydrogen-bond acceptors (Lipinski definition) is 5. The number of rotatable bonds is 4. The fourth-order valence-electron chi connectivity index (χ4n) is 1.45. The van der Waals surface area contributed by atoms with Crippen LogP contribution in [0.1, 0.15) is 11.4 Å². The molecule has 6 nitrogen and oxygen atoms in total. The molecule has 0 radical (unpaired) electrons. The third-order valence-electron chi connectivity index (χ3n) is 2.19. The topological polar surface area (TPSA) is 76.2 Å². The Morgan fingerprint density at radius 3 is 2.82 bits per heavy atom. The summed E-state index contributed by atoms with van der Waals surface area (Å²) in [6, 6.07) is 9.22. The summed E-state index contributed by atoms with van der Waals surface area (Å²) in [7, 11) is 0. The van der Waals surface area contributed by atoms with E-state index in [9.17, 15) is 0 Å². The van der Waals surface area contributed by atoms with Crippen LogP contribution in [0, 0.1) is 0 Å². The average molecular weight is 229 g/mol. The molecule has 2 rings (SSSR count). The second-order valence-electron chi connectivity index (χ2n) is 3.29. The van der Waals surface area contributed by atoms with Crippen LogP contribution in [0.3, 0.4) is 0 Å². The average Bonchev–Trinajstić information content (AvgIpc) is 2.81. The van der Waals surface area contributed by atoms with Crippen molar-refractivity contribution in [3.63, 3.8) is 0 Å². The quantitative estimate of drug-likeness (QED) is 0.368. The first-order valence-electron chi connectivity index (χ1n) is 5.01. The summed E-state index contributed by atoms with van der Waals surface area (Å²) in [6.07, 6.45) is 1.67. The largest absolute Gasteiger partial charge is 0.410 e. The number of hydrogen-bond donors (Lipinski definition) is 1. The van der Waals surface area contributed by atoms with Crippen molar-refractivity contribution < 1.29 is 5.21 Å². The zero-order valence-electron chi connectivity index (χ0n) is 9.06. The molecule has 1 heterocycles. The lowest BCUT2D eigenvalue weighted by molar-refractivity contribution is 0.319. The van der Waals surface area contributed by atoms with Gasteiger partial charge in [-0.05, 0) is 10.4 Å². The van der Waals surface area contributed by atoms with Crippen molar-refractivity contribution >= 4 is 5.71 Å². The highest BCUT2D eigenvalue weighted by Gasteiger charge is 2.15. The van der Waals surface area contributed by atoms with Crippen molar-refractivity contribution in [3.8, 4) is 0 Å².